The molecule has 1 aliphatic rings. The van der Waals surface area contributed by atoms with Crippen LogP contribution in [0.25, 0.3) is 10.4 Å². The number of unbranched alkanes of at least 4 members (excludes halogenated alkanes) is 1. The molecule has 7 nitrogen and oxygen atoms in total. The normalized spacial score (nSPS) is 26.1. The number of carboxylic acids is 1. The highest BCUT2D eigenvalue weighted by atomic mass is 16.4. The second-order valence-electron chi connectivity index (χ2n) is 7.63. The predicted molar refractivity (Wildman–Crippen MR) is 113 cm³/mol. The van der Waals surface area contributed by atoms with E-state index in [1.165, 1.54) is 0 Å². The van der Waals surface area contributed by atoms with Gasteiger partial charge in [0.2, 0.25) is 0 Å². The predicted octanol–water partition coefficient (Wildman–Crippen LogP) is 4.22. The summed E-state index contributed by atoms with van der Waals surface area (Å²) in [5.74, 6) is 4.84. The fourth-order valence-corrected chi connectivity index (χ4v) is 3.68. The molecule has 3 N–H and O–H groups in total. The van der Waals surface area contributed by atoms with Crippen LogP contribution in [0.15, 0.2) is 29.4 Å². The first kappa shape index (κ1) is 24.8. The highest BCUT2D eigenvalue weighted by Gasteiger charge is 2.40. The zero-order chi connectivity index (χ0) is 21.6. The lowest BCUT2D eigenvalue weighted by Gasteiger charge is -2.21. The molecule has 0 spiro atoms. The van der Waals surface area contributed by atoms with E-state index in [9.17, 15) is 15.0 Å². The topological polar surface area (TPSA) is 127 Å². The van der Waals surface area contributed by atoms with Crippen molar-refractivity contribution in [3.8, 4) is 11.8 Å². The van der Waals surface area contributed by atoms with Crippen LogP contribution in [0.5, 0.6) is 0 Å². The fraction of sp³-hybridized carbons (Fsp3) is 0.682. The molecule has 0 aliphatic heterocycles. The molecule has 0 bridgehead atoms. The lowest BCUT2D eigenvalue weighted by atomic mass is 9.88. The van der Waals surface area contributed by atoms with Crippen LogP contribution in [0.2, 0.25) is 0 Å². The maximum atomic E-state index is 10.6. The van der Waals surface area contributed by atoms with Gasteiger partial charge < -0.3 is 15.3 Å². The number of aliphatic hydroxyl groups is 2. The van der Waals surface area contributed by atoms with E-state index in [0.29, 0.717) is 25.7 Å². The van der Waals surface area contributed by atoms with Crippen molar-refractivity contribution in [3.05, 3.63) is 34.7 Å². The average molecular weight is 404 g/mol. The minimum absolute atomic E-state index is 0.0543. The number of hydrogen-bond acceptors (Lipinski definition) is 4. The molecular weight excluding hydrogens is 370 g/mol. The molecule has 0 aromatic carbocycles. The van der Waals surface area contributed by atoms with Gasteiger partial charge in [0.25, 0.3) is 0 Å². The molecule has 0 heterocycles. The molecule has 7 heteroatoms. The van der Waals surface area contributed by atoms with Gasteiger partial charge in [-0.25, -0.2) is 0 Å². The Morgan fingerprint density at radius 3 is 2.83 bits per heavy atom. The van der Waals surface area contributed by atoms with E-state index in [0.717, 1.165) is 12.8 Å². The first-order valence-electron chi connectivity index (χ1n) is 10.3. The van der Waals surface area contributed by atoms with Crippen molar-refractivity contribution in [1.29, 1.82) is 0 Å². The van der Waals surface area contributed by atoms with Crippen LogP contribution in [0.1, 0.15) is 58.8 Å². The highest BCUT2D eigenvalue weighted by molar-refractivity contribution is 5.66. The Kier molecular flexibility index (Phi) is 11.8. The maximum absolute atomic E-state index is 10.6. The van der Waals surface area contributed by atoms with Crippen molar-refractivity contribution in [2.45, 2.75) is 77.0 Å². The van der Waals surface area contributed by atoms with Gasteiger partial charge in [0, 0.05) is 29.7 Å². The zero-order valence-electron chi connectivity index (χ0n) is 17.3. The second-order valence-corrected chi connectivity index (χ2v) is 7.63. The molecule has 0 amide bonds. The summed E-state index contributed by atoms with van der Waals surface area (Å²) in [6, 6.07) is -0.303. The molecule has 6 atom stereocenters. The monoisotopic (exact) mass is 403 g/mol. The average Bonchev–Trinajstić information content (AvgIpc) is 2.97. The second kappa shape index (κ2) is 13.8. The number of carbonyl (C=O) groups is 1. The Labute approximate surface area is 173 Å². The Bertz CT molecular complexity index is 673. The summed E-state index contributed by atoms with van der Waals surface area (Å²) in [6.07, 6.45) is 10.2. The molecule has 0 aromatic heterocycles. The summed E-state index contributed by atoms with van der Waals surface area (Å²) in [7, 11) is 0. The molecule has 1 saturated carbocycles. The van der Waals surface area contributed by atoms with E-state index >= 15 is 0 Å². The summed E-state index contributed by atoms with van der Waals surface area (Å²) in [5.41, 5.74) is 8.84. The maximum Gasteiger partial charge on any atom is 0.303 e. The minimum Gasteiger partial charge on any atom is -0.481 e. The van der Waals surface area contributed by atoms with Gasteiger partial charge in [0.05, 0.1) is 12.2 Å². The van der Waals surface area contributed by atoms with E-state index in [-0.39, 0.29) is 30.2 Å². The molecule has 160 valence electrons. The Morgan fingerprint density at radius 2 is 2.17 bits per heavy atom. The van der Waals surface area contributed by atoms with Crippen LogP contribution in [0.4, 0.5) is 0 Å². The minimum atomic E-state index is -0.805. The van der Waals surface area contributed by atoms with Crippen molar-refractivity contribution in [3.63, 3.8) is 0 Å². The van der Waals surface area contributed by atoms with Crippen LogP contribution < -0.4 is 0 Å². The van der Waals surface area contributed by atoms with Crippen molar-refractivity contribution in [2.24, 2.45) is 22.9 Å². The van der Waals surface area contributed by atoms with E-state index in [2.05, 4.69) is 21.9 Å². The Balaban J connectivity index is 2.72. The third-order valence-corrected chi connectivity index (χ3v) is 5.47. The third-order valence-electron chi connectivity index (χ3n) is 5.47. The number of rotatable bonds is 12. The molecular formula is C22H33N3O4. The summed E-state index contributed by atoms with van der Waals surface area (Å²) < 4.78 is 0. The molecule has 29 heavy (non-hydrogen) atoms. The molecule has 1 unspecified atom stereocenters. The fourth-order valence-electron chi connectivity index (χ4n) is 3.68. The molecule has 0 saturated heterocycles. The van der Waals surface area contributed by atoms with Gasteiger partial charge in [0.1, 0.15) is 0 Å². The van der Waals surface area contributed by atoms with Crippen molar-refractivity contribution in [2.75, 3.05) is 0 Å². The van der Waals surface area contributed by atoms with Gasteiger partial charge in [-0.2, -0.15) is 0 Å². The molecule has 0 radical (unpaired) electrons. The summed E-state index contributed by atoms with van der Waals surface area (Å²) in [5, 5.41) is 33.4. The Morgan fingerprint density at radius 1 is 1.41 bits per heavy atom. The van der Waals surface area contributed by atoms with Gasteiger partial charge in [-0.15, -0.1) is 11.8 Å². The molecule has 1 aliphatic carbocycles. The smallest absolute Gasteiger partial charge is 0.303 e. The van der Waals surface area contributed by atoms with Gasteiger partial charge in [-0.1, -0.05) is 36.3 Å². The lowest BCUT2D eigenvalue weighted by Crippen LogP contribution is -2.21. The van der Waals surface area contributed by atoms with Crippen LogP contribution >= 0.6 is 0 Å². The zero-order valence-corrected chi connectivity index (χ0v) is 17.3. The molecule has 0 aromatic rings. The largest absolute Gasteiger partial charge is 0.481 e. The molecule has 1 rings (SSSR count). The summed E-state index contributed by atoms with van der Waals surface area (Å²) >= 11 is 0. The van der Waals surface area contributed by atoms with Gasteiger partial charge in [-0.05, 0) is 56.4 Å². The van der Waals surface area contributed by atoms with Crippen LogP contribution in [-0.4, -0.2) is 39.5 Å². The quantitative estimate of drug-likeness (QED) is 0.113. The van der Waals surface area contributed by atoms with E-state index in [4.69, 9.17) is 10.6 Å². The number of hydrogen-bond donors (Lipinski definition) is 3. The van der Waals surface area contributed by atoms with Crippen molar-refractivity contribution in [1.82, 2.24) is 0 Å². The van der Waals surface area contributed by atoms with Gasteiger partial charge in [0.15, 0.2) is 0 Å². The number of nitrogens with zero attached hydrogens (tertiary/aromatic N) is 3. The number of azide groups is 1. The standard InChI is InChI=1S/C22H33N3O4/c1-3-4-7-10-16(2)20(26)14-13-18-17(19(24-25-23)15-21(18)27)11-8-5-6-9-12-22(28)29/h5,8,13-14,16-21,26-27H,6-7,9-12,15H2,1-2H3,(H,28,29)/t16?,17-,18-,19+,20-,21-/m1/s1. The van der Waals surface area contributed by atoms with Gasteiger partial charge >= 0.3 is 5.97 Å². The van der Waals surface area contributed by atoms with Crippen LogP contribution in [0, 0.1) is 29.6 Å². The number of aliphatic hydroxyl groups excluding tert-OH is 2. The first-order chi connectivity index (χ1) is 13.9. The van der Waals surface area contributed by atoms with E-state index in [1.54, 1.807) is 13.0 Å². The first-order valence-corrected chi connectivity index (χ1v) is 10.3. The van der Waals surface area contributed by atoms with Crippen molar-refractivity contribution < 1.29 is 20.1 Å². The SMILES string of the molecule is CC#CCCC(C)[C@H](O)C=C[C@@H]1[C@@H](CC=CCCCC(=O)O)[C@@H](N=[N+]=[N-])C[C@H]1O. The number of carboxylic acid groups (broad SMARTS) is 1. The number of allylic oxidation sites excluding steroid dienone is 2. The lowest BCUT2D eigenvalue weighted by molar-refractivity contribution is -0.137. The summed E-state index contributed by atoms with van der Waals surface area (Å²) in [4.78, 5) is 13.5. The highest BCUT2D eigenvalue weighted by Crippen LogP contribution is 2.38. The van der Waals surface area contributed by atoms with Gasteiger partial charge in [-0.3, -0.25) is 4.79 Å². The van der Waals surface area contributed by atoms with Crippen LogP contribution in [0.3, 0.4) is 0 Å². The summed E-state index contributed by atoms with van der Waals surface area (Å²) in [6.45, 7) is 3.76. The Hall–Kier alpha value is -2.26. The van der Waals surface area contributed by atoms with E-state index < -0.39 is 18.2 Å². The third kappa shape index (κ3) is 9.19. The van der Waals surface area contributed by atoms with E-state index in [1.807, 2.05) is 25.2 Å². The van der Waals surface area contributed by atoms with Crippen molar-refractivity contribution >= 4 is 5.97 Å². The number of aliphatic carboxylic acids is 1. The van der Waals surface area contributed by atoms with Crippen LogP contribution in [-0.2, 0) is 4.79 Å². The molecule has 1 fully saturated rings.